The molecule has 18 heavy (non-hydrogen) atoms. The van der Waals surface area contributed by atoms with E-state index in [2.05, 4.69) is 66.5 Å². The van der Waals surface area contributed by atoms with Gasteiger partial charge in [-0.3, -0.25) is 0 Å². The van der Waals surface area contributed by atoms with Crippen molar-refractivity contribution in [2.75, 3.05) is 0 Å². The van der Waals surface area contributed by atoms with Gasteiger partial charge in [0.25, 0.3) is 0 Å². The van der Waals surface area contributed by atoms with Gasteiger partial charge >= 0.3 is 0 Å². The molecule has 1 heterocycles. The number of nitrogens with zero attached hydrogens (tertiary/aromatic N) is 1. The van der Waals surface area contributed by atoms with Gasteiger partial charge in [0.05, 0.1) is 5.57 Å². The topological polar surface area (TPSA) is 3.88 Å². The van der Waals surface area contributed by atoms with Crippen LogP contribution in [0.1, 0.15) is 12.6 Å². The fourth-order valence-corrected chi connectivity index (χ4v) is 2.29. The van der Waals surface area contributed by atoms with Crippen LogP contribution in [0, 0.1) is 0 Å². The van der Waals surface area contributed by atoms with Crippen molar-refractivity contribution < 1.29 is 4.57 Å². The maximum absolute atomic E-state index is 3.04. The van der Waals surface area contributed by atoms with E-state index in [-0.39, 0.29) is 0 Å². The summed E-state index contributed by atoms with van der Waals surface area (Å²) in [5.74, 6) is 0. The summed E-state index contributed by atoms with van der Waals surface area (Å²) >= 11 is 0. The lowest BCUT2D eigenvalue weighted by Gasteiger charge is -2.06. The fraction of sp³-hybridized carbons (Fsp3) is 0.118. The highest BCUT2D eigenvalue weighted by molar-refractivity contribution is 5.85. The van der Waals surface area contributed by atoms with Crippen LogP contribution in [0.4, 0.5) is 0 Å². The third-order valence-corrected chi connectivity index (χ3v) is 3.29. The van der Waals surface area contributed by atoms with E-state index in [1.54, 1.807) is 0 Å². The summed E-state index contributed by atoms with van der Waals surface area (Å²) in [7, 11) is 2.08. The summed E-state index contributed by atoms with van der Waals surface area (Å²) in [6, 6.07) is 10.7. The number of hydrogen-bond donors (Lipinski definition) is 0. The van der Waals surface area contributed by atoms with Crippen molar-refractivity contribution in [2.24, 2.45) is 7.05 Å². The average molecular weight is 232 g/mol. The van der Waals surface area contributed by atoms with Gasteiger partial charge in [-0.1, -0.05) is 29.7 Å². The molecule has 0 fully saturated rings. The fourth-order valence-electron chi connectivity index (χ4n) is 2.29. The molecule has 1 aromatic carbocycles. The van der Waals surface area contributed by atoms with E-state index in [0.29, 0.717) is 0 Å². The van der Waals surface area contributed by atoms with Gasteiger partial charge in [0.15, 0.2) is 6.20 Å². The van der Waals surface area contributed by atoms with Gasteiger partial charge in [-0.15, -0.1) is 0 Å². The molecule has 0 amide bonds. The first kappa shape index (κ1) is 10.8. The molecular weight excluding hydrogens is 218 g/mol. The summed E-state index contributed by atoms with van der Waals surface area (Å²) in [5, 5.41) is 2.52. The van der Waals surface area contributed by atoms with E-state index in [1.807, 2.05) is 12.2 Å². The monoisotopic (exact) mass is 232 g/mol. The highest BCUT2D eigenvalue weighted by atomic mass is 14.9. The number of fused-ring (bicyclic) bond motifs is 1. The normalized spacial score (nSPS) is 13.7. The summed E-state index contributed by atoms with van der Waals surface area (Å²) in [4.78, 5) is 0. The molecule has 0 bridgehead atoms. The number of benzene rings is 1. The molecule has 1 aromatic heterocycles. The largest absolute Gasteiger partial charge is 0.213 e. The molecule has 0 N–H and O–H groups in total. The van der Waals surface area contributed by atoms with Crippen molar-refractivity contribution in [2.45, 2.75) is 6.92 Å². The maximum atomic E-state index is 3.04. The Morgan fingerprint density at radius 1 is 1.00 bits per heavy atom. The Hall–Kier alpha value is -2.33. The molecule has 0 spiro atoms. The first-order chi connectivity index (χ1) is 8.75. The molecule has 1 nitrogen and oxygen atoms in total. The lowest BCUT2D eigenvalue weighted by Crippen LogP contribution is -2.32. The number of allylic oxidation sites excluding steroid dienone is 4. The maximum Gasteiger partial charge on any atom is 0.213 e. The number of pyridine rings is 1. The molecule has 0 unspecified atom stereocenters. The van der Waals surface area contributed by atoms with E-state index < -0.39 is 0 Å². The van der Waals surface area contributed by atoms with Gasteiger partial charge in [-0.2, -0.15) is 0 Å². The van der Waals surface area contributed by atoms with Crippen LogP contribution in [0.25, 0.3) is 16.3 Å². The van der Waals surface area contributed by atoms with E-state index in [1.165, 1.54) is 27.6 Å². The predicted molar refractivity (Wildman–Crippen MR) is 73.9 cm³/mol. The van der Waals surface area contributed by atoms with E-state index in [9.17, 15) is 0 Å². The average Bonchev–Trinajstić information content (AvgIpc) is 2.39. The Kier molecular flexibility index (Phi) is 2.50. The minimum Gasteiger partial charge on any atom is -0.200 e. The van der Waals surface area contributed by atoms with Crippen LogP contribution >= 0.6 is 0 Å². The Morgan fingerprint density at radius 3 is 2.50 bits per heavy atom. The van der Waals surface area contributed by atoms with Gasteiger partial charge in [0.1, 0.15) is 7.05 Å². The van der Waals surface area contributed by atoms with E-state index in [0.717, 1.165) is 0 Å². The lowest BCUT2D eigenvalue weighted by atomic mass is 10.0. The van der Waals surface area contributed by atoms with Crippen molar-refractivity contribution in [3.63, 3.8) is 0 Å². The number of aromatic nitrogens is 1. The van der Waals surface area contributed by atoms with Gasteiger partial charge in [0.2, 0.25) is 5.69 Å². The van der Waals surface area contributed by atoms with Gasteiger partial charge < -0.3 is 0 Å². The zero-order valence-corrected chi connectivity index (χ0v) is 10.6. The summed E-state index contributed by atoms with van der Waals surface area (Å²) in [6.07, 6.45) is 6.14. The number of hydrogen-bond acceptors (Lipinski definition) is 0. The summed E-state index contributed by atoms with van der Waals surface area (Å²) in [6.45, 7) is 2.11. The molecule has 86 valence electrons. The molecule has 1 aliphatic carbocycles. The number of rotatable bonds is 1. The Labute approximate surface area is 107 Å². The predicted octanol–water partition coefficient (Wildman–Crippen LogP) is 3.32. The minimum atomic E-state index is 1.21. The number of aryl methyl sites for hydroxylation is 1. The van der Waals surface area contributed by atoms with E-state index >= 15 is 0 Å². The SMILES string of the molecule is CC1=C(c2cc3ccccc3c[n+]2C)C=C=C=C1. The van der Waals surface area contributed by atoms with Crippen LogP contribution in [-0.4, -0.2) is 0 Å². The second-order valence-corrected chi connectivity index (χ2v) is 4.57. The Morgan fingerprint density at radius 2 is 1.72 bits per heavy atom. The summed E-state index contributed by atoms with van der Waals surface area (Å²) in [5.41, 5.74) is 9.67. The van der Waals surface area contributed by atoms with E-state index in [4.69, 9.17) is 0 Å². The second kappa shape index (κ2) is 4.16. The third kappa shape index (κ3) is 1.72. The molecule has 0 saturated carbocycles. The van der Waals surface area contributed by atoms with Crippen LogP contribution in [0.5, 0.6) is 0 Å². The van der Waals surface area contributed by atoms with Gasteiger partial charge in [-0.25, -0.2) is 4.57 Å². The quantitative estimate of drug-likeness (QED) is 0.524. The molecule has 0 aliphatic heterocycles. The highest BCUT2D eigenvalue weighted by Crippen LogP contribution is 2.22. The zero-order valence-electron chi connectivity index (χ0n) is 10.6. The minimum absolute atomic E-state index is 1.21. The molecule has 0 radical (unpaired) electrons. The van der Waals surface area contributed by atoms with Crippen LogP contribution in [0.3, 0.4) is 0 Å². The van der Waals surface area contributed by atoms with Crippen LogP contribution in [0.2, 0.25) is 0 Å². The van der Waals surface area contributed by atoms with Gasteiger partial charge in [-0.05, 0) is 30.0 Å². The molecular formula is C17H14N+. The lowest BCUT2D eigenvalue weighted by molar-refractivity contribution is -0.672. The third-order valence-electron chi connectivity index (χ3n) is 3.29. The standard InChI is InChI=1S/C17H14N/c1-13-7-3-6-10-16(13)17-11-14-8-4-5-9-15(14)12-18(17)2/h4-5,7-12H,1-2H3/q+1. The molecule has 0 atom stereocenters. The molecule has 0 saturated heterocycles. The first-order valence-electron chi connectivity index (χ1n) is 6.03. The van der Waals surface area contributed by atoms with Gasteiger partial charge in [0, 0.05) is 17.5 Å². The smallest absolute Gasteiger partial charge is 0.200 e. The van der Waals surface area contributed by atoms with Crippen LogP contribution in [-0.2, 0) is 7.05 Å². The zero-order chi connectivity index (χ0) is 12.5. The Bertz CT molecular complexity index is 765. The molecule has 2 aromatic rings. The van der Waals surface area contributed by atoms with Crippen molar-refractivity contribution in [3.8, 4) is 0 Å². The molecule has 1 heteroatoms. The van der Waals surface area contributed by atoms with Crippen molar-refractivity contribution in [1.82, 2.24) is 0 Å². The van der Waals surface area contributed by atoms with Crippen molar-refractivity contribution >= 4 is 16.3 Å². The second-order valence-electron chi connectivity index (χ2n) is 4.57. The van der Waals surface area contributed by atoms with Crippen molar-refractivity contribution in [1.29, 1.82) is 0 Å². The molecule has 1 aliphatic rings. The molecule has 3 rings (SSSR count). The van der Waals surface area contributed by atoms with Crippen molar-refractivity contribution in [3.05, 3.63) is 71.4 Å². The first-order valence-corrected chi connectivity index (χ1v) is 6.03. The van der Waals surface area contributed by atoms with Crippen LogP contribution in [0.15, 0.2) is 65.7 Å². The Balaban J connectivity index is 2.28. The van der Waals surface area contributed by atoms with Crippen LogP contribution < -0.4 is 4.57 Å². The highest BCUT2D eigenvalue weighted by Gasteiger charge is 2.14. The summed E-state index contributed by atoms with van der Waals surface area (Å²) < 4.78 is 2.17.